The molecule has 2 aromatic rings. The second-order valence-electron chi connectivity index (χ2n) is 5.08. The molecule has 2 heterocycles. The number of rotatable bonds is 4. The molecule has 3 rings (SSSR count). The van der Waals surface area contributed by atoms with Crippen LogP contribution in [0.1, 0.15) is 35.7 Å². The van der Waals surface area contributed by atoms with E-state index in [9.17, 15) is 0 Å². The molecule has 0 saturated heterocycles. The van der Waals surface area contributed by atoms with Gasteiger partial charge in [0, 0.05) is 30.6 Å². The first-order valence-electron chi connectivity index (χ1n) is 6.41. The van der Waals surface area contributed by atoms with E-state index in [1.165, 1.54) is 12.8 Å². The molecule has 0 aliphatic heterocycles. The van der Waals surface area contributed by atoms with Crippen molar-refractivity contribution in [3.05, 3.63) is 40.7 Å². The zero-order valence-electron chi connectivity index (χ0n) is 11.1. The summed E-state index contributed by atoms with van der Waals surface area (Å²) in [5.41, 5.74) is 2.04. The van der Waals surface area contributed by atoms with Gasteiger partial charge in [-0.1, -0.05) is 11.6 Å². The van der Waals surface area contributed by atoms with Crippen LogP contribution in [0.5, 0.6) is 0 Å². The molecule has 0 spiro atoms. The Morgan fingerprint density at radius 2 is 2.21 bits per heavy atom. The lowest BCUT2D eigenvalue weighted by molar-refractivity contribution is 0.563. The summed E-state index contributed by atoms with van der Waals surface area (Å²) in [4.78, 5) is 11.1. The van der Waals surface area contributed by atoms with E-state index in [0.29, 0.717) is 11.1 Å². The van der Waals surface area contributed by atoms with Crippen LogP contribution in [-0.4, -0.2) is 17.0 Å². The summed E-state index contributed by atoms with van der Waals surface area (Å²) < 4.78 is 5.09. The Kier molecular flexibility index (Phi) is 3.19. The normalized spacial score (nSPS) is 14.7. The van der Waals surface area contributed by atoms with Gasteiger partial charge in [-0.25, -0.2) is 9.97 Å². The Balaban J connectivity index is 1.89. The van der Waals surface area contributed by atoms with E-state index < -0.39 is 0 Å². The first kappa shape index (κ1) is 12.5. The lowest BCUT2D eigenvalue weighted by atomic mass is 10.2. The molecule has 2 aromatic heterocycles. The summed E-state index contributed by atoms with van der Waals surface area (Å²) in [5, 5.41) is 0.561. The summed E-state index contributed by atoms with van der Waals surface area (Å²) in [7, 11) is 2.01. The van der Waals surface area contributed by atoms with Crippen LogP contribution < -0.4 is 4.90 Å². The first-order valence-corrected chi connectivity index (χ1v) is 6.79. The van der Waals surface area contributed by atoms with Crippen molar-refractivity contribution in [1.82, 2.24) is 9.97 Å². The zero-order valence-corrected chi connectivity index (χ0v) is 11.8. The van der Waals surface area contributed by atoms with Gasteiger partial charge < -0.3 is 9.32 Å². The Labute approximate surface area is 117 Å². The number of hydrogen-bond acceptors (Lipinski definition) is 4. The van der Waals surface area contributed by atoms with Gasteiger partial charge in [-0.3, -0.25) is 0 Å². The fraction of sp³-hybridized carbons (Fsp3) is 0.429. The molecule has 0 N–H and O–H groups in total. The Morgan fingerprint density at radius 1 is 1.42 bits per heavy atom. The average molecular weight is 278 g/mol. The molecule has 100 valence electrons. The van der Waals surface area contributed by atoms with E-state index >= 15 is 0 Å². The van der Waals surface area contributed by atoms with Gasteiger partial charge in [0.25, 0.3) is 0 Å². The topological polar surface area (TPSA) is 42.2 Å². The molecule has 4 nitrogen and oxygen atoms in total. The van der Waals surface area contributed by atoms with Gasteiger partial charge in [-0.05, 0) is 25.8 Å². The number of hydrogen-bond donors (Lipinski definition) is 0. The van der Waals surface area contributed by atoms with Crippen LogP contribution >= 0.6 is 11.6 Å². The molecule has 1 aliphatic carbocycles. The van der Waals surface area contributed by atoms with E-state index in [0.717, 1.165) is 29.3 Å². The van der Waals surface area contributed by atoms with Crippen LogP contribution in [0, 0.1) is 6.92 Å². The fourth-order valence-electron chi connectivity index (χ4n) is 2.12. The predicted molar refractivity (Wildman–Crippen MR) is 74.6 cm³/mol. The highest BCUT2D eigenvalue weighted by molar-refractivity contribution is 6.30. The van der Waals surface area contributed by atoms with Crippen LogP contribution in [0.3, 0.4) is 0 Å². The summed E-state index contributed by atoms with van der Waals surface area (Å²) in [5.74, 6) is 2.28. The van der Waals surface area contributed by atoms with Crippen molar-refractivity contribution >= 4 is 17.4 Å². The van der Waals surface area contributed by atoms with Gasteiger partial charge in [0.1, 0.15) is 16.8 Å². The molecule has 0 atom stereocenters. The van der Waals surface area contributed by atoms with Crippen LogP contribution in [0.2, 0.25) is 5.15 Å². The van der Waals surface area contributed by atoms with Crippen LogP contribution in [-0.2, 0) is 6.54 Å². The fourth-order valence-corrected chi connectivity index (χ4v) is 2.29. The Hall–Kier alpha value is -1.55. The van der Waals surface area contributed by atoms with Crippen molar-refractivity contribution in [3.63, 3.8) is 0 Å². The molecule has 0 aromatic carbocycles. The van der Waals surface area contributed by atoms with Crippen molar-refractivity contribution < 1.29 is 4.42 Å². The molecule has 1 aliphatic rings. The minimum absolute atomic E-state index is 0.499. The SMILES string of the molecule is Cc1c(Cl)nc(C2CC2)nc1N(C)Cc1ccoc1. The third-order valence-corrected chi connectivity index (χ3v) is 3.75. The van der Waals surface area contributed by atoms with Crippen molar-refractivity contribution in [2.45, 2.75) is 32.2 Å². The highest BCUT2D eigenvalue weighted by Gasteiger charge is 2.28. The lowest BCUT2D eigenvalue weighted by Crippen LogP contribution is -2.19. The second kappa shape index (κ2) is 4.85. The summed E-state index contributed by atoms with van der Waals surface area (Å²) in [6.07, 6.45) is 5.77. The maximum Gasteiger partial charge on any atom is 0.137 e. The molecule has 0 unspecified atom stereocenters. The van der Waals surface area contributed by atoms with E-state index in [4.69, 9.17) is 16.0 Å². The van der Waals surface area contributed by atoms with Crippen molar-refractivity contribution in [2.24, 2.45) is 0 Å². The largest absolute Gasteiger partial charge is 0.472 e. The molecule has 0 amide bonds. The molecule has 0 radical (unpaired) electrons. The highest BCUT2D eigenvalue weighted by Crippen LogP contribution is 2.39. The minimum atomic E-state index is 0.499. The smallest absolute Gasteiger partial charge is 0.137 e. The minimum Gasteiger partial charge on any atom is -0.472 e. The summed E-state index contributed by atoms with van der Waals surface area (Å²) >= 11 is 6.22. The quantitative estimate of drug-likeness (QED) is 0.802. The second-order valence-corrected chi connectivity index (χ2v) is 5.44. The molecular weight excluding hydrogens is 262 g/mol. The summed E-state index contributed by atoms with van der Waals surface area (Å²) in [6.45, 7) is 2.70. The lowest BCUT2D eigenvalue weighted by Gasteiger charge is -2.20. The Morgan fingerprint density at radius 3 is 2.84 bits per heavy atom. The van der Waals surface area contributed by atoms with Gasteiger partial charge >= 0.3 is 0 Å². The van der Waals surface area contributed by atoms with Crippen LogP contribution in [0.15, 0.2) is 23.0 Å². The molecule has 1 saturated carbocycles. The number of aromatic nitrogens is 2. The standard InChI is InChI=1S/C14H16ClN3O/c1-9-12(15)16-13(11-3-4-11)17-14(9)18(2)7-10-5-6-19-8-10/h5-6,8,11H,3-4,7H2,1-2H3. The van der Waals surface area contributed by atoms with Gasteiger partial charge in [0.15, 0.2) is 0 Å². The van der Waals surface area contributed by atoms with E-state index in [2.05, 4.69) is 14.9 Å². The Bertz CT molecular complexity index is 579. The number of halogens is 1. The van der Waals surface area contributed by atoms with Crippen LogP contribution in [0.4, 0.5) is 5.82 Å². The first-order chi connectivity index (χ1) is 9.15. The molecule has 5 heteroatoms. The van der Waals surface area contributed by atoms with Crippen molar-refractivity contribution in [3.8, 4) is 0 Å². The monoisotopic (exact) mass is 277 g/mol. The third-order valence-electron chi connectivity index (χ3n) is 3.38. The number of furan rings is 1. The van der Waals surface area contributed by atoms with Gasteiger partial charge in [-0.2, -0.15) is 0 Å². The van der Waals surface area contributed by atoms with E-state index in [1.54, 1.807) is 12.5 Å². The highest BCUT2D eigenvalue weighted by atomic mass is 35.5. The maximum atomic E-state index is 6.22. The van der Waals surface area contributed by atoms with Gasteiger partial charge in [0.2, 0.25) is 0 Å². The molecular formula is C14H16ClN3O. The number of nitrogens with zero attached hydrogens (tertiary/aromatic N) is 3. The van der Waals surface area contributed by atoms with E-state index in [-0.39, 0.29) is 0 Å². The number of anilines is 1. The van der Waals surface area contributed by atoms with Crippen molar-refractivity contribution in [2.75, 3.05) is 11.9 Å². The summed E-state index contributed by atoms with van der Waals surface area (Å²) in [6, 6.07) is 1.95. The molecule has 1 fully saturated rings. The van der Waals surface area contributed by atoms with Gasteiger partial charge in [0.05, 0.1) is 12.5 Å². The van der Waals surface area contributed by atoms with Gasteiger partial charge in [-0.15, -0.1) is 0 Å². The predicted octanol–water partition coefficient (Wildman–Crippen LogP) is 3.55. The zero-order chi connectivity index (χ0) is 13.4. The maximum absolute atomic E-state index is 6.22. The van der Waals surface area contributed by atoms with Crippen LogP contribution in [0.25, 0.3) is 0 Å². The molecule has 19 heavy (non-hydrogen) atoms. The third kappa shape index (κ3) is 2.59. The molecule has 0 bridgehead atoms. The van der Waals surface area contributed by atoms with E-state index in [1.807, 2.05) is 20.0 Å². The average Bonchev–Trinajstić information content (AvgIpc) is 3.11. The van der Waals surface area contributed by atoms with Crippen molar-refractivity contribution in [1.29, 1.82) is 0 Å².